The van der Waals surface area contributed by atoms with Gasteiger partial charge in [0.05, 0.1) is 0 Å². The number of fused-ring (bicyclic) bond motifs is 1. The highest BCUT2D eigenvalue weighted by Gasteiger charge is 2.20. The van der Waals surface area contributed by atoms with E-state index in [9.17, 15) is 0 Å². The summed E-state index contributed by atoms with van der Waals surface area (Å²) in [4.78, 5) is 11.3. The summed E-state index contributed by atoms with van der Waals surface area (Å²) in [6.07, 6.45) is 7.85. The lowest BCUT2D eigenvalue weighted by molar-refractivity contribution is 0.144. The van der Waals surface area contributed by atoms with Crippen LogP contribution in [0.3, 0.4) is 0 Å². The molecule has 0 saturated carbocycles. The molecule has 28 heavy (non-hydrogen) atoms. The fourth-order valence-electron chi connectivity index (χ4n) is 4.03. The molecule has 4 rings (SSSR count). The van der Waals surface area contributed by atoms with Crippen LogP contribution in [0.5, 0.6) is 0 Å². The Kier molecular flexibility index (Phi) is 6.07. The second-order valence-electron chi connectivity index (χ2n) is 7.31. The van der Waals surface area contributed by atoms with Crippen LogP contribution in [-0.4, -0.2) is 45.7 Å². The molecule has 3 aromatic rings. The number of benzene rings is 1. The summed E-state index contributed by atoms with van der Waals surface area (Å²) in [5.41, 5.74) is 2.15. The van der Waals surface area contributed by atoms with Crippen molar-refractivity contribution in [3.8, 4) is 11.3 Å². The van der Waals surface area contributed by atoms with Gasteiger partial charge in [0.15, 0.2) is 0 Å². The molecule has 1 aromatic carbocycles. The Hall–Kier alpha value is -2.18. The Morgan fingerprint density at radius 1 is 1.21 bits per heavy atom. The van der Waals surface area contributed by atoms with Crippen molar-refractivity contribution in [3.05, 3.63) is 35.6 Å². The number of hydrogen-bond donors (Lipinski definition) is 1. The first kappa shape index (κ1) is 19.2. The third-order valence-corrected chi connectivity index (χ3v) is 5.78. The van der Waals surface area contributed by atoms with E-state index >= 15 is 0 Å². The number of nitrogens with zero attached hydrogens (tertiary/aromatic N) is 4. The minimum Gasteiger partial charge on any atom is -0.369 e. The van der Waals surface area contributed by atoms with Crippen molar-refractivity contribution in [2.24, 2.45) is 0 Å². The molecule has 0 aliphatic carbocycles. The van der Waals surface area contributed by atoms with Crippen LogP contribution in [0.2, 0.25) is 5.02 Å². The van der Waals surface area contributed by atoms with Crippen molar-refractivity contribution < 1.29 is 4.52 Å². The third kappa shape index (κ3) is 4.13. The monoisotopic (exact) mass is 399 g/mol. The molecule has 1 unspecified atom stereocenters. The SMILES string of the molecule is CCC1CCCCN1CCCNc1ncnc2onc(-c3ccc(Cl)cc3)c12. The average molecular weight is 400 g/mol. The fraction of sp³-hybridized carbons (Fsp3) is 0.476. The van der Waals surface area contributed by atoms with E-state index in [-0.39, 0.29) is 0 Å². The molecule has 2 aromatic heterocycles. The normalized spacial score (nSPS) is 17.9. The van der Waals surface area contributed by atoms with Crippen LogP contribution in [-0.2, 0) is 0 Å². The van der Waals surface area contributed by atoms with Gasteiger partial charge in [-0.1, -0.05) is 42.2 Å². The Morgan fingerprint density at radius 2 is 2.07 bits per heavy atom. The Balaban J connectivity index is 1.45. The van der Waals surface area contributed by atoms with E-state index in [2.05, 4.69) is 32.3 Å². The van der Waals surface area contributed by atoms with Gasteiger partial charge in [0.2, 0.25) is 0 Å². The first-order chi connectivity index (χ1) is 13.8. The number of hydrogen-bond acceptors (Lipinski definition) is 6. The number of aromatic nitrogens is 3. The van der Waals surface area contributed by atoms with Crippen LogP contribution >= 0.6 is 11.6 Å². The maximum absolute atomic E-state index is 6.01. The summed E-state index contributed by atoms with van der Waals surface area (Å²) in [5.74, 6) is 0.766. The van der Waals surface area contributed by atoms with E-state index in [1.54, 1.807) is 0 Å². The number of rotatable bonds is 7. The molecular formula is C21H26ClN5O. The smallest absolute Gasteiger partial charge is 0.263 e. The van der Waals surface area contributed by atoms with Gasteiger partial charge in [0, 0.05) is 29.7 Å². The molecule has 148 valence electrons. The van der Waals surface area contributed by atoms with Gasteiger partial charge in [-0.2, -0.15) is 4.98 Å². The van der Waals surface area contributed by atoms with E-state index in [1.807, 2.05) is 24.3 Å². The molecule has 1 fully saturated rings. The predicted molar refractivity (Wildman–Crippen MR) is 113 cm³/mol. The van der Waals surface area contributed by atoms with Crippen LogP contribution < -0.4 is 5.32 Å². The molecule has 1 atom stereocenters. The quantitative estimate of drug-likeness (QED) is 0.563. The molecule has 1 saturated heterocycles. The highest BCUT2D eigenvalue weighted by atomic mass is 35.5. The van der Waals surface area contributed by atoms with Crippen LogP contribution in [0.1, 0.15) is 39.0 Å². The van der Waals surface area contributed by atoms with Crippen molar-refractivity contribution >= 4 is 28.5 Å². The van der Waals surface area contributed by atoms with E-state index in [0.29, 0.717) is 10.7 Å². The van der Waals surface area contributed by atoms with E-state index in [0.717, 1.165) is 48.0 Å². The summed E-state index contributed by atoms with van der Waals surface area (Å²) >= 11 is 6.01. The van der Waals surface area contributed by atoms with E-state index in [1.165, 1.54) is 38.6 Å². The summed E-state index contributed by atoms with van der Waals surface area (Å²) < 4.78 is 5.42. The first-order valence-corrected chi connectivity index (χ1v) is 10.5. The predicted octanol–water partition coefficient (Wildman–Crippen LogP) is 5.00. The zero-order valence-electron chi connectivity index (χ0n) is 16.2. The Bertz CT molecular complexity index is 911. The van der Waals surface area contributed by atoms with Gasteiger partial charge >= 0.3 is 0 Å². The molecule has 6 nitrogen and oxygen atoms in total. The van der Waals surface area contributed by atoms with E-state index < -0.39 is 0 Å². The summed E-state index contributed by atoms with van der Waals surface area (Å²) in [5, 5.41) is 9.18. The number of nitrogens with one attached hydrogen (secondary N) is 1. The van der Waals surface area contributed by atoms with Gasteiger partial charge in [-0.3, -0.25) is 0 Å². The van der Waals surface area contributed by atoms with Crippen molar-refractivity contribution in [2.45, 2.75) is 45.1 Å². The van der Waals surface area contributed by atoms with Gasteiger partial charge < -0.3 is 14.7 Å². The summed E-state index contributed by atoms with van der Waals surface area (Å²) in [6, 6.07) is 8.29. The third-order valence-electron chi connectivity index (χ3n) is 5.53. The maximum atomic E-state index is 6.01. The lowest BCUT2D eigenvalue weighted by atomic mass is 10.00. The zero-order valence-corrected chi connectivity index (χ0v) is 17.0. The molecule has 1 N–H and O–H groups in total. The molecule has 0 amide bonds. The minimum atomic E-state index is 0.490. The first-order valence-electron chi connectivity index (χ1n) is 10.1. The van der Waals surface area contributed by atoms with Crippen molar-refractivity contribution in [1.29, 1.82) is 0 Å². The Morgan fingerprint density at radius 3 is 2.89 bits per heavy atom. The zero-order chi connectivity index (χ0) is 19.3. The Labute approximate surface area is 170 Å². The lowest BCUT2D eigenvalue weighted by Crippen LogP contribution is -2.40. The molecule has 0 radical (unpaired) electrons. The average Bonchev–Trinajstić information content (AvgIpc) is 3.17. The maximum Gasteiger partial charge on any atom is 0.263 e. The standard InChI is InChI=1S/C21H26ClN5O/c1-2-17-6-3-4-12-27(17)13-5-11-23-20-18-19(15-7-9-16(22)10-8-15)26-28-21(18)25-14-24-20/h7-10,14,17H,2-6,11-13H2,1H3,(H,23,24,25). The topological polar surface area (TPSA) is 67.1 Å². The van der Waals surface area contributed by atoms with Crippen molar-refractivity contribution in [1.82, 2.24) is 20.0 Å². The molecule has 0 bridgehead atoms. The largest absolute Gasteiger partial charge is 0.369 e. The number of halogens is 1. The van der Waals surface area contributed by atoms with Crippen LogP contribution in [0.4, 0.5) is 5.82 Å². The highest BCUT2D eigenvalue weighted by molar-refractivity contribution is 6.30. The number of likely N-dealkylation sites (tertiary alicyclic amines) is 1. The molecule has 1 aliphatic rings. The second-order valence-corrected chi connectivity index (χ2v) is 7.75. The summed E-state index contributed by atoms with van der Waals surface area (Å²) in [7, 11) is 0. The lowest BCUT2D eigenvalue weighted by Gasteiger charge is -2.35. The van der Waals surface area contributed by atoms with Crippen LogP contribution in [0.25, 0.3) is 22.4 Å². The minimum absolute atomic E-state index is 0.490. The van der Waals surface area contributed by atoms with Gasteiger partial charge in [-0.25, -0.2) is 4.98 Å². The summed E-state index contributed by atoms with van der Waals surface area (Å²) in [6.45, 7) is 5.49. The molecule has 3 heterocycles. The number of piperidine rings is 1. The van der Waals surface area contributed by atoms with Crippen LogP contribution in [0.15, 0.2) is 35.1 Å². The second kappa shape index (κ2) is 8.88. The molecule has 1 aliphatic heterocycles. The van der Waals surface area contributed by atoms with Gasteiger partial charge in [0.25, 0.3) is 5.71 Å². The van der Waals surface area contributed by atoms with Crippen LogP contribution in [0, 0.1) is 0 Å². The van der Waals surface area contributed by atoms with Crippen molar-refractivity contribution in [2.75, 3.05) is 25.0 Å². The molecule has 0 spiro atoms. The molecule has 7 heteroatoms. The molecular weight excluding hydrogens is 374 g/mol. The van der Waals surface area contributed by atoms with E-state index in [4.69, 9.17) is 16.1 Å². The highest BCUT2D eigenvalue weighted by Crippen LogP contribution is 2.31. The fourth-order valence-corrected chi connectivity index (χ4v) is 4.16. The van der Waals surface area contributed by atoms with Gasteiger partial charge in [0.1, 0.15) is 23.2 Å². The van der Waals surface area contributed by atoms with Crippen molar-refractivity contribution in [3.63, 3.8) is 0 Å². The van der Waals surface area contributed by atoms with Gasteiger partial charge in [-0.15, -0.1) is 0 Å². The van der Waals surface area contributed by atoms with Gasteiger partial charge in [-0.05, 0) is 44.4 Å². The number of anilines is 1.